The van der Waals surface area contributed by atoms with Gasteiger partial charge < -0.3 is 4.74 Å². The van der Waals surface area contributed by atoms with Crippen LogP contribution in [0.25, 0.3) is 0 Å². The van der Waals surface area contributed by atoms with Crippen LogP contribution in [0.15, 0.2) is 24.4 Å². The van der Waals surface area contributed by atoms with Crippen molar-refractivity contribution < 1.29 is 9.53 Å². The molecule has 0 aliphatic carbocycles. The molecule has 1 aromatic carbocycles. The second kappa shape index (κ2) is 5.63. The molecule has 0 amide bonds. The summed E-state index contributed by atoms with van der Waals surface area (Å²) in [5, 5.41) is 4.95. The summed E-state index contributed by atoms with van der Waals surface area (Å²) in [6.45, 7) is 0. The number of rotatable bonds is 4. The van der Waals surface area contributed by atoms with Crippen molar-refractivity contribution in [2.24, 2.45) is 7.05 Å². The fourth-order valence-electron chi connectivity index (χ4n) is 1.83. The van der Waals surface area contributed by atoms with Gasteiger partial charge in [0.05, 0.1) is 13.3 Å². The van der Waals surface area contributed by atoms with Crippen LogP contribution in [-0.4, -0.2) is 22.7 Å². The van der Waals surface area contributed by atoms with E-state index in [9.17, 15) is 4.79 Å². The van der Waals surface area contributed by atoms with Crippen molar-refractivity contribution in [3.63, 3.8) is 0 Å². The number of hydrogen-bond donors (Lipinski definition) is 0. The van der Waals surface area contributed by atoms with Crippen LogP contribution >= 0.6 is 23.2 Å². The van der Waals surface area contributed by atoms with Crippen molar-refractivity contribution in [1.29, 1.82) is 0 Å². The van der Waals surface area contributed by atoms with E-state index in [-0.39, 0.29) is 12.2 Å². The minimum Gasteiger partial charge on any atom is -0.493 e. The predicted molar refractivity (Wildman–Crippen MR) is 74.3 cm³/mol. The Hall–Kier alpha value is -1.52. The fraction of sp³-hybridized carbons (Fsp3) is 0.231. The van der Waals surface area contributed by atoms with Crippen LogP contribution in [0.4, 0.5) is 0 Å². The highest BCUT2D eigenvalue weighted by Gasteiger charge is 2.20. The molecule has 0 N–H and O–H groups in total. The first-order valence-corrected chi connectivity index (χ1v) is 6.32. The molecular weight excluding hydrogens is 287 g/mol. The van der Waals surface area contributed by atoms with E-state index in [4.69, 9.17) is 27.9 Å². The van der Waals surface area contributed by atoms with Crippen molar-refractivity contribution in [3.05, 3.63) is 45.7 Å². The molecule has 1 heterocycles. The third kappa shape index (κ3) is 2.74. The summed E-state index contributed by atoms with van der Waals surface area (Å²) in [4.78, 5) is 12.3. The Balaban J connectivity index is 2.34. The van der Waals surface area contributed by atoms with Gasteiger partial charge in [0.25, 0.3) is 0 Å². The maximum atomic E-state index is 12.3. The third-order valence-electron chi connectivity index (χ3n) is 2.79. The maximum absolute atomic E-state index is 12.3. The highest BCUT2D eigenvalue weighted by molar-refractivity contribution is 6.36. The molecule has 2 rings (SSSR count). The normalized spacial score (nSPS) is 10.5. The lowest BCUT2D eigenvalue weighted by molar-refractivity contribution is 0.0981. The van der Waals surface area contributed by atoms with Crippen molar-refractivity contribution >= 4 is 29.0 Å². The number of benzene rings is 1. The summed E-state index contributed by atoms with van der Waals surface area (Å²) in [7, 11) is 3.18. The number of nitrogens with zero attached hydrogens (tertiary/aromatic N) is 2. The Labute approximate surface area is 120 Å². The van der Waals surface area contributed by atoms with Gasteiger partial charge in [-0.15, -0.1) is 0 Å². The molecule has 100 valence electrons. The lowest BCUT2D eigenvalue weighted by Crippen LogP contribution is -2.11. The fourth-order valence-corrected chi connectivity index (χ4v) is 2.36. The number of halogens is 2. The third-order valence-corrected chi connectivity index (χ3v) is 3.50. The first-order chi connectivity index (χ1) is 9.04. The van der Waals surface area contributed by atoms with Crippen molar-refractivity contribution in [3.8, 4) is 5.75 Å². The van der Waals surface area contributed by atoms with E-state index in [0.29, 0.717) is 27.1 Å². The zero-order chi connectivity index (χ0) is 14.0. The Kier molecular flexibility index (Phi) is 4.12. The van der Waals surface area contributed by atoms with Crippen molar-refractivity contribution in [1.82, 2.24) is 9.78 Å². The number of ether oxygens (including phenoxy) is 1. The van der Waals surface area contributed by atoms with E-state index in [1.165, 1.54) is 18.0 Å². The Morgan fingerprint density at radius 3 is 2.58 bits per heavy atom. The summed E-state index contributed by atoms with van der Waals surface area (Å²) in [6.07, 6.45) is 1.61. The van der Waals surface area contributed by atoms with Gasteiger partial charge in [-0.2, -0.15) is 5.10 Å². The van der Waals surface area contributed by atoms with Gasteiger partial charge in [-0.05, 0) is 17.7 Å². The molecule has 2 aromatic rings. The molecule has 0 saturated heterocycles. The van der Waals surface area contributed by atoms with Crippen LogP contribution in [0, 0.1) is 0 Å². The average molecular weight is 299 g/mol. The minimum absolute atomic E-state index is 0.106. The van der Waals surface area contributed by atoms with Gasteiger partial charge in [0, 0.05) is 23.5 Å². The van der Waals surface area contributed by atoms with Gasteiger partial charge in [0.2, 0.25) is 0 Å². The summed E-state index contributed by atoms with van der Waals surface area (Å²) in [6, 6.07) is 5.15. The van der Waals surface area contributed by atoms with E-state index >= 15 is 0 Å². The summed E-state index contributed by atoms with van der Waals surface area (Å²) in [5.74, 6) is 0.294. The molecule has 19 heavy (non-hydrogen) atoms. The molecule has 0 unspecified atom stereocenters. The lowest BCUT2D eigenvalue weighted by atomic mass is 10.1. The topological polar surface area (TPSA) is 44.1 Å². The number of carbonyl (C=O) groups is 1. The summed E-state index contributed by atoms with van der Waals surface area (Å²) < 4.78 is 6.59. The molecule has 0 aliphatic heterocycles. The molecule has 4 nitrogen and oxygen atoms in total. The average Bonchev–Trinajstić information content (AvgIpc) is 2.75. The zero-order valence-corrected chi connectivity index (χ0v) is 12.0. The molecular formula is C13H12Cl2N2O2. The van der Waals surface area contributed by atoms with Gasteiger partial charge in [0.1, 0.15) is 5.69 Å². The molecule has 0 radical (unpaired) electrons. The minimum atomic E-state index is -0.146. The molecule has 0 saturated carbocycles. The number of carbonyl (C=O) groups excluding carboxylic acids is 1. The SMILES string of the molecule is COc1cnn(C)c1C(=O)Cc1c(Cl)cccc1Cl. The number of ketones is 1. The molecule has 6 heteroatoms. The molecule has 0 aliphatic rings. The van der Waals surface area contributed by atoms with Crippen molar-refractivity contribution in [2.75, 3.05) is 7.11 Å². The zero-order valence-electron chi connectivity index (χ0n) is 10.5. The maximum Gasteiger partial charge on any atom is 0.189 e. The van der Waals surface area contributed by atoms with Gasteiger partial charge >= 0.3 is 0 Å². The van der Waals surface area contributed by atoms with Gasteiger partial charge in [-0.25, -0.2) is 0 Å². The van der Waals surface area contributed by atoms with Crippen LogP contribution in [-0.2, 0) is 13.5 Å². The number of aryl methyl sites for hydroxylation is 1. The Morgan fingerprint density at radius 2 is 2.00 bits per heavy atom. The van der Waals surface area contributed by atoms with E-state index in [2.05, 4.69) is 5.10 Å². The molecule has 0 fully saturated rings. The number of Topliss-reactive ketones (excluding diaryl/α,β-unsaturated/α-hetero) is 1. The smallest absolute Gasteiger partial charge is 0.189 e. The Bertz CT molecular complexity index is 603. The number of aromatic nitrogens is 2. The standard InChI is InChI=1S/C13H12Cl2N2O2/c1-17-13(12(19-2)7-16-17)11(18)6-8-9(14)4-3-5-10(8)15/h3-5,7H,6H2,1-2H3. The van der Waals surface area contributed by atoms with Gasteiger partial charge in [0.15, 0.2) is 11.5 Å². The monoisotopic (exact) mass is 298 g/mol. The van der Waals surface area contributed by atoms with E-state index in [1.807, 2.05) is 0 Å². The van der Waals surface area contributed by atoms with Crippen molar-refractivity contribution in [2.45, 2.75) is 6.42 Å². The van der Waals surface area contributed by atoms with E-state index in [0.717, 1.165) is 0 Å². The second-order valence-corrected chi connectivity index (χ2v) is 4.80. The van der Waals surface area contributed by atoms with Crippen LogP contribution in [0.1, 0.15) is 16.1 Å². The number of methoxy groups -OCH3 is 1. The summed E-state index contributed by atoms with van der Waals surface area (Å²) in [5.41, 5.74) is 1.01. The molecule has 1 aromatic heterocycles. The summed E-state index contributed by atoms with van der Waals surface area (Å²) >= 11 is 12.1. The van der Waals surface area contributed by atoms with Crippen LogP contribution in [0.3, 0.4) is 0 Å². The first kappa shape index (κ1) is 13.9. The first-order valence-electron chi connectivity index (χ1n) is 5.56. The van der Waals surface area contributed by atoms with Gasteiger partial charge in [-0.1, -0.05) is 29.3 Å². The van der Waals surface area contributed by atoms with E-state index < -0.39 is 0 Å². The van der Waals surface area contributed by atoms with Crippen LogP contribution in [0.2, 0.25) is 10.0 Å². The highest BCUT2D eigenvalue weighted by atomic mass is 35.5. The molecule has 0 spiro atoms. The second-order valence-electron chi connectivity index (χ2n) is 3.99. The van der Waals surface area contributed by atoms with E-state index in [1.54, 1.807) is 25.2 Å². The quantitative estimate of drug-likeness (QED) is 0.815. The predicted octanol–water partition coefficient (Wildman–Crippen LogP) is 3.16. The highest BCUT2D eigenvalue weighted by Crippen LogP contribution is 2.27. The van der Waals surface area contributed by atoms with Gasteiger partial charge in [-0.3, -0.25) is 9.48 Å². The van der Waals surface area contributed by atoms with Crippen LogP contribution in [0.5, 0.6) is 5.75 Å². The van der Waals surface area contributed by atoms with Crippen LogP contribution < -0.4 is 4.74 Å². The largest absolute Gasteiger partial charge is 0.493 e. The molecule has 0 bridgehead atoms. The molecule has 0 atom stereocenters. The number of hydrogen-bond acceptors (Lipinski definition) is 3. The lowest BCUT2D eigenvalue weighted by Gasteiger charge is -2.07. The Morgan fingerprint density at radius 1 is 1.37 bits per heavy atom.